The second-order valence-electron chi connectivity index (χ2n) is 4.79. The monoisotopic (exact) mass is 293 g/mol. The average molecular weight is 293 g/mol. The van der Waals surface area contributed by atoms with Crippen LogP contribution >= 0.6 is 0 Å². The molecule has 7 heteroatoms. The number of H-pyrrole nitrogens is 2. The second kappa shape index (κ2) is 4.92. The zero-order valence-corrected chi connectivity index (χ0v) is 11.6. The van der Waals surface area contributed by atoms with Gasteiger partial charge in [-0.05, 0) is 31.0 Å². The lowest BCUT2D eigenvalue weighted by Crippen LogP contribution is -2.31. The van der Waals surface area contributed by atoms with Crippen molar-refractivity contribution in [2.45, 2.75) is 23.8 Å². The topological polar surface area (TPSA) is 86.0 Å². The zero-order valence-electron chi connectivity index (χ0n) is 10.7. The highest BCUT2D eigenvalue weighted by Crippen LogP contribution is 2.35. The molecule has 0 aliphatic carbocycles. The van der Waals surface area contributed by atoms with Crippen LogP contribution in [0.25, 0.3) is 0 Å². The smallest absolute Gasteiger partial charge is 0.247 e. The molecule has 0 spiro atoms. The maximum Gasteiger partial charge on any atom is 0.247 e. The molecule has 3 heterocycles. The van der Waals surface area contributed by atoms with E-state index in [2.05, 4.69) is 9.97 Å². The fourth-order valence-corrected chi connectivity index (χ4v) is 4.22. The zero-order chi connectivity index (χ0) is 14.2. The molecule has 106 valence electrons. The predicted molar refractivity (Wildman–Crippen MR) is 73.7 cm³/mol. The molecule has 0 saturated carbocycles. The van der Waals surface area contributed by atoms with Crippen LogP contribution in [0.5, 0.6) is 0 Å². The van der Waals surface area contributed by atoms with Gasteiger partial charge in [0.25, 0.3) is 0 Å². The van der Waals surface area contributed by atoms with Crippen LogP contribution in [0, 0.1) is 0 Å². The van der Waals surface area contributed by atoms with Crippen molar-refractivity contribution in [2.75, 3.05) is 6.54 Å². The summed E-state index contributed by atoms with van der Waals surface area (Å²) < 4.78 is 26.8. The number of aromatic nitrogens is 2. The van der Waals surface area contributed by atoms with Crippen LogP contribution in [0.1, 0.15) is 24.6 Å². The van der Waals surface area contributed by atoms with Crippen molar-refractivity contribution in [1.29, 1.82) is 0 Å². The van der Waals surface area contributed by atoms with Gasteiger partial charge < -0.3 is 9.97 Å². The van der Waals surface area contributed by atoms with Gasteiger partial charge in [0.15, 0.2) is 0 Å². The van der Waals surface area contributed by atoms with Gasteiger partial charge in [-0.15, -0.1) is 0 Å². The number of nitrogens with zero attached hydrogens (tertiary/aromatic N) is 1. The molecule has 0 bridgehead atoms. The first-order chi connectivity index (χ1) is 9.59. The number of aromatic amines is 2. The Balaban J connectivity index is 1.98. The largest absolute Gasteiger partial charge is 0.364 e. The van der Waals surface area contributed by atoms with Gasteiger partial charge in [0, 0.05) is 30.7 Å². The first-order valence-corrected chi connectivity index (χ1v) is 7.87. The van der Waals surface area contributed by atoms with Gasteiger partial charge in [0.1, 0.15) is 0 Å². The van der Waals surface area contributed by atoms with Crippen LogP contribution < -0.4 is 5.56 Å². The normalized spacial score (nSPS) is 20.3. The Hall–Kier alpha value is -1.86. The average Bonchev–Trinajstić information content (AvgIpc) is 3.10. The fraction of sp³-hybridized carbons (Fsp3) is 0.308. The maximum absolute atomic E-state index is 12.6. The van der Waals surface area contributed by atoms with Gasteiger partial charge >= 0.3 is 0 Å². The molecule has 1 unspecified atom stereocenters. The molecule has 1 saturated heterocycles. The number of rotatable bonds is 3. The lowest BCUT2D eigenvalue weighted by atomic mass is 10.2. The first-order valence-electron chi connectivity index (χ1n) is 6.43. The number of hydrogen-bond donors (Lipinski definition) is 2. The number of hydrogen-bond acceptors (Lipinski definition) is 3. The lowest BCUT2D eigenvalue weighted by Gasteiger charge is -2.23. The molecule has 2 N–H and O–H groups in total. The van der Waals surface area contributed by atoms with Crippen LogP contribution in [0.4, 0.5) is 0 Å². The van der Waals surface area contributed by atoms with E-state index < -0.39 is 10.0 Å². The molecule has 1 atom stereocenters. The molecule has 20 heavy (non-hydrogen) atoms. The minimum absolute atomic E-state index is 0.121. The summed E-state index contributed by atoms with van der Waals surface area (Å²) >= 11 is 0. The van der Waals surface area contributed by atoms with Crippen molar-refractivity contribution in [2.24, 2.45) is 0 Å². The minimum atomic E-state index is -3.59. The van der Waals surface area contributed by atoms with Gasteiger partial charge in [-0.1, -0.05) is 0 Å². The molecule has 0 aromatic carbocycles. The number of nitrogens with one attached hydrogen (secondary N) is 2. The van der Waals surface area contributed by atoms with Gasteiger partial charge in [0.2, 0.25) is 15.6 Å². The van der Waals surface area contributed by atoms with Gasteiger partial charge in [-0.2, -0.15) is 4.31 Å². The second-order valence-corrected chi connectivity index (χ2v) is 6.68. The summed E-state index contributed by atoms with van der Waals surface area (Å²) in [5.74, 6) is 0. The Labute approximate surface area is 116 Å². The molecule has 0 radical (unpaired) electrons. The van der Waals surface area contributed by atoms with E-state index in [4.69, 9.17) is 0 Å². The van der Waals surface area contributed by atoms with Crippen molar-refractivity contribution in [3.63, 3.8) is 0 Å². The van der Waals surface area contributed by atoms with Crippen LogP contribution in [-0.4, -0.2) is 29.2 Å². The Morgan fingerprint density at radius 1 is 1.20 bits per heavy atom. The van der Waals surface area contributed by atoms with E-state index >= 15 is 0 Å². The summed E-state index contributed by atoms with van der Waals surface area (Å²) in [5, 5.41) is 0. The van der Waals surface area contributed by atoms with Crippen LogP contribution in [0.15, 0.2) is 46.3 Å². The van der Waals surface area contributed by atoms with E-state index in [1.807, 2.05) is 12.1 Å². The Bertz CT molecular complexity index is 729. The van der Waals surface area contributed by atoms with E-state index in [0.29, 0.717) is 6.54 Å². The standard InChI is InChI=1S/C13H15N3O3S/c17-13-6-5-10(9-15-13)20(18,19)16-8-2-4-12(16)11-3-1-7-14-11/h1,3,5-7,9,12,14H,2,4,8H2,(H,15,17). The molecule has 3 rings (SSSR count). The summed E-state index contributed by atoms with van der Waals surface area (Å²) in [6.45, 7) is 0.491. The molecule has 2 aromatic rings. The first kappa shape index (κ1) is 13.1. The molecule has 0 amide bonds. The molecule has 2 aromatic heterocycles. The molecular weight excluding hydrogens is 278 g/mol. The molecule has 1 fully saturated rings. The van der Waals surface area contributed by atoms with E-state index in [1.165, 1.54) is 22.6 Å². The third-order valence-electron chi connectivity index (χ3n) is 3.55. The van der Waals surface area contributed by atoms with Crippen LogP contribution in [0.2, 0.25) is 0 Å². The van der Waals surface area contributed by atoms with Crippen molar-refractivity contribution in [3.8, 4) is 0 Å². The van der Waals surface area contributed by atoms with E-state index in [1.54, 1.807) is 6.20 Å². The third-order valence-corrected chi connectivity index (χ3v) is 5.45. The summed E-state index contributed by atoms with van der Waals surface area (Å²) in [5.41, 5.74) is 0.585. The van der Waals surface area contributed by atoms with Gasteiger partial charge in [0.05, 0.1) is 10.9 Å². The van der Waals surface area contributed by atoms with E-state index in [0.717, 1.165) is 18.5 Å². The van der Waals surface area contributed by atoms with Crippen molar-refractivity contribution in [3.05, 3.63) is 52.7 Å². The van der Waals surface area contributed by atoms with Crippen LogP contribution in [0.3, 0.4) is 0 Å². The molecule has 6 nitrogen and oxygen atoms in total. The minimum Gasteiger partial charge on any atom is -0.364 e. The summed E-state index contributed by atoms with van der Waals surface area (Å²) in [7, 11) is -3.59. The Morgan fingerprint density at radius 3 is 2.70 bits per heavy atom. The molecular formula is C13H15N3O3S. The maximum atomic E-state index is 12.6. The van der Waals surface area contributed by atoms with Crippen molar-refractivity contribution < 1.29 is 8.42 Å². The SMILES string of the molecule is O=c1ccc(S(=O)(=O)N2CCCC2c2ccc[nH]2)c[nH]1. The third kappa shape index (κ3) is 2.19. The van der Waals surface area contributed by atoms with E-state index in [-0.39, 0.29) is 16.5 Å². The summed E-state index contributed by atoms with van der Waals surface area (Å²) in [6, 6.07) is 6.16. The Morgan fingerprint density at radius 2 is 2.05 bits per heavy atom. The Kier molecular flexibility index (Phi) is 3.23. The van der Waals surface area contributed by atoms with Gasteiger partial charge in [-0.25, -0.2) is 8.42 Å². The number of pyridine rings is 1. The van der Waals surface area contributed by atoms with Crippen molar-refractivity contribution in [1.82, 2.24) is 14.3 Å². The fourth-order valence-electron chi connectivity index (χ4n) is 2.58. The summed E-state index contributed by atoms with van der Waals surface area (Å²) in [6.07, 6.45) is 4.66. The highest BCUT2D eigenvalue weighted by molar-refractivity contribution is 7.89. The highest BCUT2D eigenvalue weighted by atomic mass is 32.2. The lowest BCUT2D eigenvalue weighted by molar-refractivity contribution is 0.391. The number of sulfonamides is 1. The van der Waals surface area contributed by atoms with E-state index in [9.17, 15) is 13.2 Å². The van der Waals surface area contributed by atoms with Crippen LogP contribution in [-0.2, 0) is 10.0 Å². The highest BCUT2D eigenvalue weighted by Gasteiger charge is 2.36. The quantitative estimate of drug-likeness (QED) is 0.892. The summed E-state index contributed by atoms with van der Waals surface area (Å²) in [4.78, 5) is 16.7. The van der Waals surface area contributed by atoms with Crippen molar-refractivity contribution >= 4 is 10.0 Å². The molecule has 1 aliphatic heterocycles. The van der Waals surface area contributed by atoms with Gasteiger partial charge in [-0.3, -0.25) is 4.79 Å². The molecule has 1 aliphatic rings. The predicted octanol–water partition coefficient (Wildman–Crippen LogP) is 1.23.